The fourth-order valence-corrected chi connectivity index (χ4v) is 2.90. The zero-order valence-electron chi connectivity index (χ0n) is 12.0. The highest BCUT2D eigenvalue weighted by Crippen LogP contribution is 2.43. The minimum absolute atomic E-state index is 0.0543. The zero-order valence-corrected chi connectivity index (χ0v) is 12.0. The summed E-state index contributed by atoms with van der Waals surface area (Å²) in [6.45, 7) is 10.4. The summed E-state index contributed by atoms with van der Waals surface area (Å²) < 4.78 is 5.02. The molecule has 0 bridgehead atoms. The largest absolute Gasteiger partial charge is 0.466 e. The molecule has 1 fully saturated rings. The maximum Gasteiger partial charge on any atom is 0.305 e. The summed E-state index contributed by atoms with van der Waals surface area (Å²) in [6.07, 6.45) is 2.70. The van der Waals surface area contributed by atoms with E-state index in [4.69, 9.17) is 4.74 Å². The van der Waals surface area contributed by atoms with Crippen LogP contribution in [-0.2, 0) is 9.53 Å². The lowest BCUT2D eigenvalue weighted by atomic mass is 9.66. The Bertz CT molecular complexity index is 267. The molecular formula is C14H27NO2. The lowest BCUT2D eigenvalue weighted by Crippen LogP contribution is -2.51. The predicted octanol–water partition coefficient (Wildman–Crippen LogP) is 2.70. The molecule has 3 unspecified atom stereocenters. The number of hydrogen-bond donors (Lipinski definition) is 0. The molecule has 100 valence electrons. The molecule has 1 rings (SSSR count). The number of esters is 1. The molecule has 3 atom stereocenters. The van der Waals surface area contributed by atoms with E-state index in [0.29, 0.717) is 25.0 Å². The third-order valence-corrected chi connectivity index (χ3v) is 4.83. The molecule has 0 N–H and O–H groups in total. The first-order valence-electron chi connectivity index (χ1n) is 6.77. The van der Waals surface area contributed by atoms with E-state index >= 15 is 0 Å². The van der Waals surface area contributed by atoms with Crippen molar-refractivity contribution >= 4 is 5.97 Å². The van der Waals surface area contributed by atoms with Crippen molar-refractivity contribution < 1.29 is 9.53 Å². The smallest absolute Gasteiger partial charge is 0.305 e. The van der Waals surface area contributed by atoms with Crippen LogP contribution in [0.25, 0.3) is 0 Å². The SMILES string of the molecule is CCOC(=O)CCC1(C)C(C)CCN(C)C1C. The lowest BCUT2D eigenvalue weighted by molar-refractivity contribution is -0.144. The van der Waals surface area contributed by atoms with Crippen molar-refractivity contribution in [1.29, 1.82) is 0 Å². The summed E-state index contributed by atoms with van der Waals surface area (Å²) in [5, 5.41) is 0. The predicted molar refractivity (Wildman–Crippen MR) is 69.8 cm³/mol. The van der Waals surface area contributed by atoms with Crippen LogP contribution < -0.4 is 0 Å². The van der Waals surface area contributed by atoms with E-state index in [9.17, 15) is 4.79 Å². The maximum absolute atomic E-state index is 11.5. The molecule has 0 amide bonds. The number of carbonyl (C=O) groups excluding carboxylic acids is 1. The topological polar surface area (TPSA) is 29.5 Å². The first-order chi connectivity index (χ1) is 7.91. The maximum atomic E-state index is 11.5. The van der Waals surface area contributed by atoms with Crippen LogP contribution in [0.2, 0.25) is 0 Å². The van der Waals surface area contributed by atoms with Crippen molar-refractivity contribution in [2.45, 2.75) is 53.0 Å². The van der Waals surface area contributed by atoms with Gasteiger partial charge in [0.15, 0.2) is 0 Å². The average Bonchev–Trinajstić information content (AvgIpc) is 2.30. The summed E-state index contributed by atoms with van der Waals surface area (Å²) in [4.78, 5) is 13.9. The normalized spacial score (nSPS) is 34.6. The van der Waals surface area contributed by atoms with E-state index in [-0.39, 0.29) is 11.4 Å². The molecule has 0 radical (unpaired) electrons. The number of rotatable bonds is 4. The van der Waals surface area contributed by atoms with E-state index in [1.54, 1.807) is 0 Å². The zero-order chi connectivity index (χ0) is 13.1. The van der Waals surface area contributed by atoms with Crippen LogP contribution in [-0.4, -0.2) is 37.1 Å². The second-order valence-electron chi connectivity index (χ2n) is 5.66. The first-order valence-corrected chi connectivity index (χ1v) is 6.77. The van der Waals surface area contributed by atoms with Crippen molar-refractivity contribution in [2.24, 2.45) is 11.3 Å². The Balaban J connectivity index is 2.60. The Hall–Kier alpha value is -0.570. The monoisotopic (exact) mass is 241 g/mol. The number of likely N-dealkylation sites (tertiary alicyclic amines) is 1. The van der Waals surface area contributed by atoms with Gasteiger partial charge in [0.05, 0.1) is 6.61 Å². The molecule has 3 nitrogen and oxygen atoms in total. The molecule has 0 aromatic carbocycles. The van der Waals surface area contributed by atoms with Crippen molar-refractivity contribution in [2.75, 3.05) is 20.2 Å². The summed E-state index contributed by atoms with van der Waals surface area (Å²) >= 11 is 0. The number of carbonyl (C=O) groups is 1. The van der Waals surface area contributed by atoms with Gasteiger partial charge in [-0.3, -0.25) is 4.79 Å². The van der Waals surface area contributed by atoms with Gasteiger partial charge in [-0.15, -0.1) is 0 Å². The Kier molecular flexibility index (Phi) is 4.99. The van der Waals surface area contributed by atoms with Crippen LogP contribution in [0.1, 0.15) is 47.0 Å². The first kappa shape index (κ1) is 14.5. The summed E-state index contributed by atoms with van der Waals surface area (Å²) in [7, 11) is 2.18. The molecule has 1 saturated heterocycles. The van der Waals surface area contributed by atoms with Gasteiger partial charge in [-0.25, -0.2) is 0 Å². The van der Waals surface area contributed by atoms with Gasteiger partial charge in [0.1, 0.15) is 0 Å². The molecule has 0 spiro atoms. The Morgan fingerprint density at radius 3 is 2.71 bits per heavy atom. The van der Waals surface area contributed by atoms with Crippen LogP contribution in [0.3, 0.4) is 0 Å². The quantitative estimate of drug-likeness (QED) is 0.709. The van der Waals surface area contributed by atoms with Crippen LogP contribution >= 0.6 is 0 Å². The fraction of sp³-hybridized carbons (Fsp3) is 0.929. The molecule has 17 heavy (non-hydrogen) atoms. The third-order valence-electron chi connectivity index (χ3n) is 4.83. The molecule has 1 aliphatic rings. The average molecular weight is 241 g/mol. The Morgan fingerprint density at radius 1 is 1.47 bits per heavy atom. The molecule has 1 aliphatic heterocycles. The van der Waals surface area contributed by atoms with Gasteiger partial charge in [-0.2, -0.15) is 0 Å². The Morgan fingerprint density at radius 2 is 2.12 bits per heavy atom. The van der Waals surface area contributed by atoms with Gasteiger partial charge in [0, 0.05) is 12.5 Å². The van der Waals surface area contributed by atoms with Crippen molar-refractivity contribution in [1.82, 2.24) is 4.90 Å². The molecular weight excluding hydrogens is 214 g/mol. The van der Waals surface area contributed by atoms with E-state index in [1.165, 1.54) is 6.42 Å². The summed E-state index contributed by atoms with van der Waals surface area (Å²) in [6, 6.07) is 0.528. The van der Waals surface area contributed by atoms with E-state index in [1.807, 2.05) is 6.92 Å². The summed E-state index contributed by atoms with van der Waals surface area (Å²) in [5.41, 5.74) is 0.222. The second kappa shape index (κ2) is 5.85. The number of hydrogen-bond acceptors (Lipinski definition) is 3. The Labute approximate surface area is 106 Å². The number of piperidine rings is 1. The molecule has 1 heterocycles. The minimum Gasteiger partial charge on any atom is -0.466 e. The van der Waals surface area contributed by atoms with Gasteiger partial charge in [0.2, 0.25) is 0 Å². The lowest BCUT2D eigenvalue weighted by Gasteiger charge is -2.49. The van der Waals surface area contributed by atoms with Crippen molar-refractivity contribution in [3.63, 3.8) is 0 Å². The molecule has 3 heteroatoms. The number of ether oxygens (including phenoxy) is 1. The van der Waals surface area contributed by atoms with Gasteiger partial charge < -0.3 is 9.64 Å². The molecule has 0 aromatic rings. The van der Waals surface area contributed by atoms with Crippen LogP contribution in [0.15, 0.2) is 0 Å². The number of nitrogens with zero attached hydrogens (tertiary/aromatic N) is 1. The highest BCUT2D eigenvalue weighted by Gasteiger charge is 2.41. The van der Waals surface area contributed by atoms with E-state index in [2.05, 4.69) is 32.7 Å². The van der Waals surface area contributed by atoms with Crippen LogP contribution in [0, 0.1) is 11.3 Å². The van der Waals surface area contributed by atoms with Crippen LogP contribution in [0.4, 0.5) is 0 Å². The fourth-order valence-electron chi connectivity index (χ4n) is 2.90. The van der Waals surface area contributed by atoms with Gasteiger partial charge in [-0.05, 0) is 51.6 Å². The molecule has 0 aliphatic carbocycles. The minimum atomic E-state index is -0.0543. The van der Waals surface area contributed by atoms with Crippen molar-refractivity contribution in [3.05, 3.63) is 0 Å². The summed E-state index contributed by atoms with van der Waals surface area (Å²) in [5.74, 6) is 0.615. The van der Waals surface area contributed by atoms with Gasteiger partial charge in [-0.1, -0.05) is 13.8 Å². The molecule has 0 saturated carbocycles. The highest BCUT2D eigenvalue weighted by molar-refractivity contribution is 5.69. The second-order valence-corrected chi connectivity index (χ2v) is 5.66. The highest BCUT2D eigenvalue weighted by atomic mass is 16.5. The van der Waals surface area contributed by atoms with Gasteiger partial charge in [0.25, 0.3) is 0 Å². The molecule has 0 aromatic heterocycles. The van der Waals surface area contributed by atoms with E-state index in [0.717, 1.165) is 13.0 Å². The van der Waals surface area contributed by atoms with Crippen LogP contribution in [0.5, 0.6) is 0 Å². The van der Waals surface area contributed by atoms with E-state index < -0.39 is 0 Å². The van der Waals surface area contributed by atoms with Gasteiger partial charge >= 0.3 is 5.97 Å². The standard InChI is InChI=1S/C14H27NO2/c1-6-17-13(16)7-9-14(4)11(2)8-10-15(5)12(14)3/h11-12H,6-10H2,1-5H3. The van der Waals surface area contributed by atoms with Crippen molar-refractivity contribution in [3.8, 4) is 0 Å². The third kappa shape index (κ3) is 3.21.